The monoisotopic (exact) mass is 637 g/mol. The summed E-state index contributed by atoms with van der Waals surface area (Å²) < 4.78 is 4.96. The topological polar surface area (TPSA) is 87.7 Å². The van der Waals surface area contributed by atoms with Gasteiger partial charge in [-0.2, -0.15) is 24.4 Å². The van der Waals surface area contributed by atoms with Gasteiger partial charge in [-0.05, 0) is 46.2 Å². The number of thioether (sulfide) groups is 1. The standard InChI is InChI=1S/C35H47N3O4S2/c1-5-25(2)30(34(40)32(24-43)36-20-26-12-7-6-8-13-26)22-38(21-28-16-11-15-27-14-9-10-17-29(27)28)23-33(39)37-31(18-19-44-4)35(41)42-3/h6-17,25,30-32,36,43H,5,18-24H2,1-4H3,(H,37,39)/t25?,30?,31?,32-/m0/s1. The molecule has 238 valence electrons. The van der Waals surface area contributed by atoms with E-state index in [4.69, 9.17) is 4.74 Å². The number of ether oxygens (including phenoxy) is 1. The maximum absolute atomic E-state index is 14.1. The Morgan fingerprint density at radius 3 is 2.36 bits per heavy atom. The number of nitrogens with one attached hydrogen (secondary N) is 2. The number of rotatable bonds is 19. The van der Waals surface area contributed by atoms with Gasteiger partial charge >= 0.3 is 5.97 Å². The van der Waals surface area contributed by atoms with Gasteiger partial charge in [-0.1, -0.05) is 93.1 Å². The van der Waals surface area contributed by atoms with E-state index in [1.54, 1.807) is 11.8 Å². The Balaban J connectivity index is 1.87. The number of hydrogen-bond acceptors (Lipinski definition) is 8. The van der Waals surface area contributed by atoms with E-state index in [1.165, 1.54) is 7.11 Å². The highest BCUT2D eigenvalue weighted by Gasteiger charge is 2.32. The fraction of sp³-hybridized carbons (Fsp3) is 0.457. The molecule has 3 rings (SSSR count). The summed E-state index contributed by atoms with van der Waals surface area (Å²) in [5, 5.41) is 8.54. The molecule has 3 aromatic rings. The van der Waals surface area contributed by atoms with Gasteiger partial charge in [0, 0.05) is 31.3 Å². The van der Waals surface area contributed by atoms with Crippen molar-refractivity contribution in [2.75, 3.05) is 38.0 Å². The van der Waals surface area contributed by atoms with E-state index in [-0.39, 0.29) is 30.1 Å². The molecule has 0 saturated heterocycles. The number of thiol groups is 1. The molecule has 0 aromatic heterocycles. The summed E-state index contributed by atoms with van der Waals surface area (Å²) in [6.07, 6.45) is 3.26. The Labute approximate surface area is 272 Å². The van der Waals surface area contributed by atoms with Crippen molar-refractivity contribution in [2.45, 2.75) is 51.9 Å². The summed E-state index contributed by atoms with van der Waals surface area (Å²) in [5.74, 6) is 0.221. The van der Waals surface area contributed by atoms with Gasteiger partial charge in [0.05, 0.1) is 19.7 Å². The minimum Gasteiger partial charge on any atom is -0.467 e. The van der Waals surface area contributed by atoms with E-state index in [9.17, 15) is 14.4 Å². The second-order valence-corrected chi connectivity index (χ2v) is 12.6. The SMILES string of the molecule is CCC(C)C(CN(CC(=O)NC(CCSC)C(=O)OC)Cc1cccc2ccccc12)C(=O)[C@H](CS)NCc1ccccc1. The van der Waals surface area contributed by atoms with Crippen LogP contribution in [0.3, 0.4) is 0 Å². The quantitative estimate of drug-likeness (QED) is 0.120. The third-order valence-electron chi connectivity index (χ3n) is 8.15. The Morgan fingerprint density at radius 1 is 0.977 bits per heavy atom. The maximum Gasteiger partial charge on any atom is 0.328 e. The number of Topliss-reactive ketones (excluding diaryl/α,β-unsaturated/α-hetero) is 1. The van der Waals surface area contributed by atoms with Crippen molar-refractivity contribution in [1.82, 2.24) is 15.5 Å². The van der Waals surface area contributed by atoms with E-state index < -0.39 is 18.1 Å². The summed E-state index contributed by atoms with van der Waals surface area (Å²) in [7, 11) is 1.33. The van der Waals surface area contributed by atoms with Crippen molar-refractivity contribution < 1.29 is 19.1 Å². The van der Waals surface area contributed by atoms with Crippen LogP contribution in [-0.2, 0) is 32.2 Å². The first kappa shape index (κ1) is 35.6. The Kier molecular flexibility index (Phi) is 15.3. The number of amides is 1. The molecule has 0 aliphatic carbocycles. The van der Waals surface area contributed by atoms with Crippen molar-refractivity contribution in [3.8, 4) is 0 Å². The number of fused-ring (bicyclic) bond motifs is 1. The summed E-state index contributed by atoms with van der Waals surface area (Å²) >= 11 is 6.15. The molecule has 0 spiro atoms. The molecule has 2 N–H and O–H groups in total. The summed E-state index contributed by atoms with van der Waals surface area (Å²) in [5.41, 5.74) is 2.18. The van der Waals surface area contributed by atoms with E-state index in [0.29, 0.717) is 37.6 Å². The number of esters is 1. The van der Waals surface area contributed by atoms with Crippen LogP contribution in [0.2, 0.25) is 0 Å². The van der Waals surface area contributed by atoms with Crippen LogP contribution in [0, 0.1) is 11.8 Å². The van der Waals surface area contributed by atoms with Gasteiger partial charge in [-0.15, -0.1) is 0 Å². The highest BCUT2D eigenvalue weighted by atomic mass is 32.2. The fourth-order valence-electron chi connectivity index (χ4n) is 5.39. The number of hydrogen-bond donors (Lipinski definition) is 3. The zero-order valence-electron chi connectivity index (χ0n) is 26.3. The molecule has 7 nitrogen and oxygen atoms in total. The molecular formula is C35H47N3O4S2. The minimum atomic E-state index is -0.720. The summed E-state index contributed by atoms with van der Waals surface area (Å²) in [6, 6.07) is 23.2. The lowest BCUT2D eigenvalue weighted by atomic mass is 9.84. The average molecular weight is 638 g/mol. The lowest BCUT2D eigenvalue weighted by molar-refractivity contribution is -0.145. The molecule has 3 unspecified atom stereocenters. The summed E-state index contributed by atoms with van der Waals surface area (Å²) in [6.45, 7) is 5.67. The van der Waals surface area contributed by atoms with Crippen molar-refractivity contribution >= 4 is 52.8 Å². The number of ketones is 1. The van der Waals surface area contributed by atoms with Gasteiger partial charge in [-0.25, -0.2) is 4.79 Å². The van der Waals surface area contributed by atoms with Gasteiger partial charge in [0.15, 0.2) is 5.78 Å². The molecule has 0 radical (unpaired) electrons. The third kappa shape index (κ3) is 10.6. The Morgan fingerprint density at radius 2 is 1.68 bits per heavy atom. The molecule has 1 amide bonds. The van der Waals surface area contributed by atoms with Crippen LogP contribution < -0.4 is 10.6 Å². The highest BCUT2D eigenvalue weighted by Crippen LogP contribution is 2.24. The molecule has 0 fully saturated rings. The van der Waals surface area contributed by atoms with Crippen molar-refractivity contribution in [3.05, 3.63) is 83.9 Å². The Hall–Kier alpha value is -2.85. The van der Waals surface area contributed by atoms with Gasteiger partial charge in [0.2, 0.25) is 5.91 Å². The molecule has 0 saturated carbocycles. The molecule has 3 aromatic carbocycles. The highest BCUT2D eigenvalue weighted by molar-refractivity contribution is 7.98. The van der Waals surface area contributed by atoms with Crippen molar-refractivity contribution in [3.63, 3.8) is 0 Å². The minimum absolute atomic E-state index is 0.0409. The van der Waals surface area contributed by atoms with Crippen LogP contribution in [0.5, 0.6) is 0 Å². The first-order valence-corrected chi connectivity index (χ1v) is 17.3. The normalized spacial score (nSPS) is 14.1. The molecule has 0 aliphatic rings. The molecule has 0 bridgehead atoms. The zero-order chi connectivity index (χ0) is 31.9. The number of benzene rings is 3. The zero-order valence-corrected chi connectivity index (χ0v) is 28.0. The van der Waals surface area contributed by atoms with E-state index >= 15 is 0 Å². The largest absolute Gasteiger partial charge is 0.467 e. The van der Waals surface area contributed by atoms with Crippen LogP contribution in [0.1, 0.15) is 37.8 Å². The summed E-state index contributed by atoms with van der Waals surface area (Å²) in [4.78, 5) is 42.0. The fourth-order valence-corrected chi connectivity index (χ4v) is 6.17. The average Bonchev–Trinajstić information content (AvgIpc) is 3.05. The van der Waals surface area contributed by atoms with Crippen molar-refractivity contribution in [2.24, 2.45) is 11.8 Å². The molecule has 4 atom stereocenters. The predicted octanol–water partition coefficient (Wildman–Crippen LogP) is 5.37. The first-order valence-electron chi connectivity index (χ1n) is 15.3. The van der Waals surface area contributed by atoms with Crippen LogP contribution in [0.4, 0.5) is 0 Å². The second kappa shape index (κ2) is 18.8. The van der Waals surface area contributed by atoms with Gasteiger partial charge in [0.25, 0.3) is 0 Å². The van der Waals surface area contributed by atoms with Gasteiger partial charge in [0.1, 0.15) is 6.04 Å². The molecular weight excluding hydrogens is 591 g/mol. The molecule has 0 aliphatic heterocycles. The smallest absolute Gasteiger partial charge is 0.328 e. The van der Waals surface area contributed by atoms with Gasteiger partial charge < -0.3 is 15.4 Å². The molecule has 9 heteroatoms. The van der Waals surface area contributed by atoms with Crippen molar-refractivity contribution in [1.29, 1.82) is 0 Å². The van der Waals surface area contributed by atoms with Crippen LogP contribution in [-0.4, -0.2) is 72.6 Å². The first-order chi connectivity index (χ1) is 21.3. The predicted molar refractivity (Wildman–Crippen MR) is 185 cm³/mol. The van der Waals surface area contributed by atoms with Crippen LogP contribution >= 0.6 is 24.4 Å². The van der Waals surface area contributed by atoms with E-state index in [0.717, 1.165) is 28.3 Å². The molecule has 0 heterocycles. The van der Waals surface area contributed by atoms with Crippen LogP contribution in [0.15, 0.2) is 72.8 Å². The number of nitrogens with zero attached hydrogens (tertiary/aromatic N) is 1. The van der Waals surface area contributed by atoms with Crippen LogP contribution in [0.25, 0.3) is 10.8 Å². The van der Waals surface area contributed by atoms with E-state index in [2.05, 4.69) is 61.4 Å². The number of methoxy groups -OCH3 is 1. The van der Waals surface area contributed by atoms with Gasteiger partial charge in [-0.3, -0.25) is 14.5 Å². The van der Waals surface area contributed by atoms with E-state index in [1.807, 2.05) is 59.7 Å². The Bertz CT molecular complexity index is 1330. The lowest BCUT2D eigenvalue weighted by Crippen LogP contribution is -2.50. The maximum atomic E-state index is 14.1. The number of carbonyl (C=O) groups is 3. The third-order valence-corrected chi connectivity index (χ3v) is 9.15. The number of carbonyl (C=O) groups excluding carboxylic acids is 3. The second-order valence-electron chi connectivity index (χ2n) is 11.2. The molecule has 44 heavy (non-hydrogen) atoms. The lowest BCUT2D eigenvalue weighted by Gasteiger charge is -2.32.